The molecule has 4 rings (SSSR count). The number of hydrogen-bond donors (Lipinski definition) is 2. The van der Waals surface area contributed by atoms with Gasteiger partial charge in [0.05, 0.1) is 17.3 Å². The van der Waals surface area contributed by atoms with Gasteiger partial charge in [-0.3, -0.25) is 9.89 Å². The number of nitrogens with zero attached hydrogens (tertiary/aromatic N) is 1. The molecule has 2 aromatic carbocycles. The zero-order valence-electron chi connectivity index (χ0n) is 12.9. The lowest BCUT2D eigenvalue weighted by Crippen LogP contribution is -2.45. The second kappa shape index (κ2) is 5.54. The van der Waals surface area contributed by atoms with Crippen molar-refractivity contribution in [2.45, 2.75) is 24.7 Å². The van der Waals surface area contributed by atoms with Crippen LogP contribution in [0.2, 0.25) is 0 Å². The van der Waals surface area contributed by atoms with Gasteiger partial charge in [-0.2, -0.15) is 5.10 Å². The topological polar surface area (TPSA) is 57.8 Å². The fraction of sp³-hybridized carbons (Fsp3) is 0.263. The minimum Gasteiger partial charge on any atom is -0.351 e. The normalized spacial score (nSPS) is 16.0. The van der Waals surface area contributed by atoms with Gasteiger partial charge in [0.1, 0.15) is 0 Å². The minimum absolute atomic E-state index is 0.0398. The summed E-state index contributed by atoms with van der Waals surface area (Å²) in [6.07, 6.45) is 5.22. The maximum Gasteiger partial charge on any atom is 0.253 e. The van der Waals surface area contributed by atoms with E-state index in [1.165, 1.54) is 12.0 Å². The SMILES string of the molecule is O=C(NCC1(c2ccccc2)CCC1)c1cccc2cn[nH]c12. The Kier molecular flexibility index (Phi) is 3.37. The maximum absolute atomic E-state index is 12.6. The lowest BCUT2D eigenvalue weighted by atomic mass is 9.64. The zero-order chi connectivity index (χ0) is 15.7. The van der Waals surface area contributed by atoms with E-state index in [0.29, 0.717) is 12.1 Å². The first kappa shape index (κ1) is 14.0. The quantitative estimate of drug-likeness (QED) is 0.776. The highest BCUT2D eigenvalue weighted by Gasteiger charge is 2.38. The van der Waals surface area contributed by atoms with Crippen LogP contribution in [0.25, 0.3) is 10.9 Å². The van der Waals surface area contributed by atoms with E-state index in [1.807, 2.05) is 24.3 Å². The molecule has 0 bridgehead atoms. The summed E-state index contributed by atoms with van der Waals surface area (Å²) in [7, 11) is 0. The Morgan fingerprint density at radius 2 is 1.96 bits per heavy atom. The number of amides is 1. The fourth-order valence-electron chi connectivity index (χ4n) is 3.47. The standard InChI is InChI=1S/C19H19N3O/c23-18(16-9-4-6-14-12-21-22-17(14)16)20-13-19(10-5-11-19)15-7-2-1-3-8-15/h1-4,6-9,12H,5,10-11,13H2,(H,20,23)(H,21,22). The first-order chi connectivity index (χ1) is 11.3. The molecule has 0 saturated heterocycles. The summed E-state index contributed by atoms with van der Waals surface area (Å²) in [6, 6.07) is 16.2. The van der Waals surface area contributed by atoms with Crippen LogP contribution in [0, 0.1) is 0 Å². The number of nitrogens with one attached hydrogen (secondary N) is 2. The molecule has 1 aliphatic carbocycles. The third-order valence-corrected chi connectivity index (χ3v) is 5.01. The van der Waals surface area contributed by atoms with E-state index in [-0.39, 0.29) is 11.3 Å². The smallest absolute Gasteiger partial charge is 0.253 e. The van der Waals surface area contributed by atoms with E-state index in [0.717, 1.165) is 23.7 Å². The van der Waals surface area contributed by atoms with Crippen LogP contribution >= 0.6 is 0 Å². The number of benzene rings is 2. The van der Waals surface area contributed by atoms with E-state index in [1.54, 1.807) is 6.20 Å². The predicted octanol–water partition coefficient (Wildman–Crippen LogP) is 3.41. The van der Waals surface area contributed by atoms with Crippen molar-refractivity contribution in [1.29, 1.82) is 0 Å². The highest BCUT2D eigenvalue weighted by atomic mass is 16.1. The van der Waals surface area contributed by atoms with Crippen molar-refractivity contribution in [1.82, 2.24) is 15.5 Å². The van der Waals surface area contributed by atoms with Crippen LogP contribution < -0.4 is 5.32 Å². The molecule has 3 aromatic rings. The van der Waals surface area contributed by atoms with Crippen LogP contribution in [-0.4, -0.2) is 22.6 Å². The summed E-state index contributed by atoms with van der Waals surface area (Å²) in [5, 5.41) is 11.0. The van der Waals surface area contributed by atoms with Gasteiger partial charge in [0.2, 0.25) is 0 Å². The van der Waals surface area contributed by atoms with Gasteiger partial charge in [-0.15, -0.1) is 0 Å². The first-order valence-corrected chi connectivity index (χ1v) is 8.04. The van der Waals surface area contributed by atoms with Crippen LogP contribution in [0.5, 0.6) is 0 Å². The summed E-state index contributed by atoms with van der Waals surface area (Å²) in [6.45, 7) is 0.681. The number of aromatic nitrogens is 2. The number of H-pyrrole nitrogens is 1. The fourth-order valence-corrected chi connectivity index (χ4v) is 3.47. The van der Waals surface area contributed by atoms with Crippen molar-refractivity contribution in [3.8, 4) is 0 Å². The van der Waals surface area contributed by atoms with Crippen LogP contribution in [-0.2, 0) is 5.41 Å². The number of fused-ring (bicyclic) bond motifs is 1. The van der Waals surface area contributed by atoms with E-state index >= 15 is 0 Å². The molecule has 116 valence electrons. The third-order valence-electron chi connectivity index (χ3n) is 5.01. The molecule has 1 heterocycles. The van der Waals surface area contributed by atoms with Crippen LogP contribution in [0.4, 0.5) is 0 Å². The molecule has 23 heavy (non-hydrogen) atoms. The van der Waals surface area contributed by atoms with E-state index < -0.39 is 0 Å². The first-order valence-electron chi connectivity index (χ1n) is 8.04. The Morgan fingerprint density at radius 3 is 2.70 bits per heavy atom. The van der Waals surface area contributed by atoms with Gasteiger partial charge in [-0.05, 0) is 24.5 Å². The van der Waals surface area contributed by atoms with Crippen molar-refractivity contribution in [2.24, 2.45) is 0 Å². The molecule has 1 fully saturated rings. The van der Waals surface area contributed by atoms with Crippen molar-refractivity contribution in [2.75, 3.05) is 6.54 Å². The van der Waals surface area contributed by atoms with Crippen molar-refractivity contribution in [3.05, 3.63) is 65.9 Å². The summed E-state index contributed by atoms with van der Waals surface area (Å²) in [5.41, 5.74) is 2.87. The molecule has 0 atom stereocenters. The maximum atomic E-state index is 12.6. The Hall–Kier alpha value is -2.62. The lowest BCUT2D eigenvalue weighted by molar-refractivity contribution is 0.0929. The number of para-hydroxylation sites is 1. The molecule has 4 nitrogen and oxygen atoms in total. The van der Waals surface area contributed by atoms with E-state index in [2.05, 4.69) is 39.8 Å². The molecule has 2 N–H and O–H groups in total. The van der Waals surface area contributed by atoms with Gasteiger partial charge in [-0.1, -0.05) is 48.9 Å². The Morgan fingerprint density at radius 1 is 1.13 bits per heavy atom. The lowest BCUT2D eigenvalue weighted by Gasteiger charge is -2.42. The monoisotopic (exact) mass is 305 g/mol. The highest BCUT2D eigenvalue weighted by Crippen LogP contribution is 2.43. The van der Waals surface area contributed by atoms with Gasteiger partial charge >= 0.3 is 0 Å². The van der Waals surface area contributed by atoms with Crippen molar-refractivity contribution >= 4 is 16.8 Å². The van der Waals surface area contributed by atoms with Crippen LogP contribution in [0.15, 0.2) is 54.7 Å². The average molecular weight is 305 g/mol. The molecule has 1 saturated carbocycles. The predicted molar refractivity (Wildman–Crippen MR) is 90.4 cm³/mol. The Bertz CT molecular complexity index is 834. The Labute approximate surface area is 134 Å². The van der Waals surface area contributed by atoms with Crippen LogP contribution in [0.1, 0.15) is 35.2 Å². The molecule has 0 aliphatic heterocycles. The number of carbonyl (C=O) groups excluding carboxylic acids is 1. The minimum atomic E-state index is -0.0398. The number of hydrogen-bond acceptors (Lipinski definition) is 2. The summed E-state index contributed by atoms with van der Waals surface area (Å²) in [5.74, 6) is -0.0398. The second-order valence-electron chi connectivity index (χ2n) is 6.32. The number of aromatic amines is 1. The van der Waals surface area contributed by atoms with E-state index in [4.69, 9.17) is 0 Å². The van der Waals surface area contributed by atoms with Crippen molar-refractivity contribution < 1.29 is 4.79 Å². The van der Waals surface area contributed by atoms with Gasteiger partial charge in [-0.25, -0.2) is 0 Å². The molecule has 1 amide bonds. The zero-order valence-corrected chi connectivity index (χ0v) is 12.9. The average Bonchev–Trinajstić information content (AvgIpc) is 3.03. The second-order valence-corrected chi connectivity index (χ2v) is 6.32. The largest absolute Gasteiger partial charge is 0.351 e. The van der Waals surface area contributed by atoms with Gasteiger partial charge < -0.3 is 5.32 Å². The third kappa shape index (κ3) is 2.40. The summed E-state index contributed by atoms with van der Waals surface area (Å²) >= 11 is 0. The number of rotatable bonds is 4. The molecule has 0 radical (unpaired) electrons. The molecule has 0 unspecified atom stereocenters. The van der Waals surface area contributed by atoms with Crippen molar-refractivity contribution in [3.63, 3.8) is 0 Å². The van der Waals surface area contributed by atoms with Gasteiger partial charge in [0.15, 0.2) is 0 Å². The molecule has 4 heteroatoms. The van der Waals surface area contributed by atoms with E-state index in [9.17, 15) is 4.79 Å². The molecular weight excluding hydrogens is 286 g/mol. The summed E-state index contributed by atoms with van der Waals surface area (Å²) < 4.78 is 0. The molecule has 0 spiro atoms. The van der Waals surface area contributed by atoms with Gasteiger partial charge in [0, 0.05) is 17.3 Å². The molecule has 1 aliphatic rings. The van der Waals surface area contributed by atoms with Gasteiger partial charge in [0.25, 0.3) is 5.91 Å². The van der Waals surface area contributed by atoms with Crippen LogP contribution in [0.3, 0.4) is 0 Å². The number of carbonyl (C=O) groups is 1. The molecule has 1 aromatic heterocycles. The highest BCUT2D eigenvalue weighted by molar-refractivity contribution is 6.05. The Balaban J connectivity index is 1.54. The molecular formula is C19H19N3O. The summed E-state index contributed by atoms with van der Waals surface area (Å²) in [4.78, 5) is 12.6.